The SMILES string of the molecule is O=c1c2c3c(sc2ncn1CCN1CCN(C2CCc4ccccc42)CC1)CNC3. The number of fused-ring (bicyclic) bond motifs is 4. The van der Waals surface area contributed by atoms with Crippen molar-refractivity contribution < 1.29 is 0 Å². The van der Waals surface area contributed by atoms with Gasteiger partial charge in [-0.1, -0.05) is 24.3 Å². The maximum Gasteiger partial charge on any atom is 0.262 e. The Labute approximate surface area is 180 Å². The summed E-state index contributed by atoms with van der Waals surface area (Å²) in [6.45, 7) is 7.64. The zero-order valence-electron chi connectivity index (χ0n) is 17.1. The number of nitrogens with zero attached hydrogens (tertiary/aromatic N) is 4. The zero-order chi connectivity index (χ0) is 20.1. The van der Waals surface area contributed by atoms with E-state index in [1.165, 1.54) is 34.4 Å². The van der Waals surface area contributed by atoms with Gasteiger partial charge in [0.05, 0.1) is 11.7 Å². The van der Waals surface area contributed by atoms with Crippen molar-refractivity contribution in [3.8, 4) is 0 Å². The predicted octanol–water partition coefficient (Wildman–Crippen LogP) is 2.37. The Kier molecular flexibility index (Phi) is 4.71. The predicted molar refractivity (Wildman–Crippen MR) is 120 cm³/mol. The first-order valence-electron chi connectivity index (χ1n) is 11.0. The number of hydrogen-bond donors (Lipinski definition) is 1. The number of thiophene rings is 1. The average molecular weight is 422 g/mol. The minimum atomic E-state index is 0.127. The average Bonchev–Trinajstić information content (AvgIpc) is 3.48. The van der Waals surface area contributed by atoms with Crippen LogP contribution >= 0.6 is 11.3 Å². The summed E-state index contributed by atoms with van der Waals surface area (Å²) in [5.41, 5.74) is 4.37. The van der Waals surface area contributed by atoms with Gasteiger partial charge in [0.2, 0.25) is 0 Å². The van der Waals surface area contributed by atoms with Crippen molar-refractivity contribution in [3.05, 3.63) is 62.5 Å². The number of piperazine rings is 1. The highest BCUT2D eigenvalue weighted by atomic mass is 32.1. The topological polar surface area (TPSA) is 53.4 Å². The molecule has 6 rings (SSSR count). The maximum absolute atomic E-state index is 13.0. The molecule has 1 aliphatic carbocycles. The van der Waals surface area contributed by atoms with Crippen LogP contribution in [-0.4, -0.2) is 52.1 Å². The van der Waals surface area contributed by atoms with Gasteiger partial charge in [-0.15, -0.1) is 11.3 Å². The molecule has 30 heavy (non-hydrogen) atoms. The summed E-state index contributed by atoms with van der Waals surface area (Å²) >= 11 is 1.66. The molecular formula is C23H27N5OS. The van der Waals surface area contributed by atoms with Gasteiger partial charge in [-0.25, -0.2) is 4.98 Å². The molecule has 1 aromatic carbocycles. The molecule has 1 atom stereocenters. The summed E-state index contributed by atoms with van der Waals surface area (Å²) in [4.78, 5) is 24.9. The molecular weight excluding hydrogens is 394 g/mol. The monoisotopic (exact) mass is 421 g/mol. The molecule has 0 spiro atoms. The van der Waals surface area contributed by atoms with E-state index in [0.717, 1.165) is 56.0 Å². The number of benzene rings is 1. The number of aromatic nitrogens is 2. The molecule has 1 unspecified atom stereocenters. The van der Waals surface area contributed by atoms with Crippen LogP contribution in [0.3, 0.4) is 0 Å². The standard InChI is InChI=1S/C23H27N5OS/c29-23-21-18-13-24-14-20(18)30-22(21)25-15-28(23)12-9-26-7-10-27(11-8-26)19-6-5-16-3-1-2-4-17(16)19/h1-4,15,19,24H,5-14H2. The van der Waals surface area contributed by atoms with Gasteiger partial charge >= 0.3 is 0 Å². The van der Waals surface area contributed by atoms with Crippen LogP contribution in [0.15, 0.2) is 35.4 Å². The Balaban J connectivity index is 1.10. The second-order valence-electron chi connectivity index (χ2n) is 8.66. The summed E-state index contributed by atoms with van der Waals surface area (Å²) in [5, 5.41) is 4.19. The van der Waals surface area contributed by atoms with Crippen LogP contribution in [0.25, 0.3) is 10.2 Å². The highest BCUT2D eigenvalue weighted by Crippen LogP contribution is 2.36. The lowest BCUT2D eigenvalue weighted by atomic mass is 10.1. The molecule has 2 aromatic heterocycles. The van der Waals surface area contributed by atoms with E-state index in [-0.39, 0.29) is 5.56 Å². The molecule has 4 heterocycles. The molecule has 156 valence electrons. The van der Waals surface area contributed by atoms with Crippen molar-refractivity contribution in [1.29, 1.82) is 0 Å². The van der Waals surface area contributed by atoms with E-state index in [2.05, 4.69) is 44.4 Å². The van der Waals surface area contributed by atoms with Crippen LogP contribution in [0.1, 0.15) is 34.0 Å². The fourth-order valence-electron chi connectivity index (χ4n) is 5.38. The number of hydrogen-bond acceptors (Lipinski definition) is 6. The maximum atomic E-state index is 13.0. The Bertz CT molecular complexity index is 1140. The molecule has 0 saturated carbocycles. The number of rotatable bonds is 4. The van der Waals surface area contributed by atoms with E-state index in [1.807, 2.05) is 4.57 Å². The van der Waals surface area contributed by atoms with Gasteiger partial charge in [0, 0.05) is 63.3 Å². The Morgan fingerprint density at radius 1 is 1.10 bits per heavy atom. The van der Waals surface area contributed by atoms with Gasteiger partial charge in [-0.2, -0.15) is 0 Å². The first kappa shape index (κ1) is 18.7. The summed E-state index contributed by atoms with van der Waals surface area (Å²) in [6, 6.07) is 9.52. The van der Waals surface area contributed by atoms with E-state index in [0.29, 0.717) is 12.6 Å². The second-order valence-corrected chi connectivity index (χ2v) is 9.75. The minimum absolute atomic E-state index is 0.127. The number of nitrogens with one attached hydrogen (secondary N) is 1. The van der Waals surface area contributed by atoms with Crippen LogP contribution in [0.2, 0.25) is 0 Å². The normalized spacial score (nSPS) is 21.9. The smallest absolute Gasteiger partial charge is 0.262 e. The van der Waals surface area contributed by atoms with Crippen molar-refractivity contribution in [2.75, 3.05) is 32.7 Å². The van der Waals surface area contributed by atoms with Crippen molar-refractivity contribution in [2.24, 2.45) is 0 Å². The molecule has 1 fully saturated rings. The van der Waals surface area contributed by atoms with Gasteiger partial charge in [0.25, 0.3) is 5.56 Å². The fourth-order valence-corrected chi connectivity index (χ4v) is 6.50. The summed E-state index contributed by atoms with van der Waals surface area (Å²) in [7, 11) is 0. The van der Waals surface area contributed by atoms with E-state index < -0.39 is 0 Å². The molecule has 2 aliphatic heterocycles. The molecule has 0 bridgehead atoms. The molecule has 3 aromatic rings. The van der Waals surface area contributed by atoms with E-state index in [9.17, 15) is 4.79 Å². The van der Waals surface area contributed by atoms with Crippen LogP contribution in [0, 0.1) is 0 Å². The fraction of sp³-hybridized carbons (Fsp3) is 0.478. The lowest BCUT2D eigenvalue weighted by Gasteiger charge is -2.38. The molecule has 1 N–H and O–H groups in total. The van der Waals surface area contributed by atoms with Crippen LogP contribution in [0.5, 0.6) is 0 Å². The third-order valence-corrected chi connectivity index (χ3v) is 8.19. The van der Waals surface area contributed by atoms with Crippen LogP contribution in [-0.2, 0) is 26.1 Å². The Hall–Kier alpha value is -2.06. The van der Waals surface area contributed by atoms with Gasteiger partial charge in [-0.05, 0) is 29.5 Å². The van der Waals surface area contributed by atoms with Crippen molar-refractivity contribution in [1.82, 2.24) is 24.7 Å². The lowest BCUT2D eigenvalue weighted by Crippen LogP contribution is -2.48. The molecule has 1 saturated heterocycles. The third-order valence-electron chi connectivity index (χ3n) is 7.05. The van der Waals surface area contributed by atoms with Gasteiger partial charge in [0.1, 0.15) is 4.83 Å². The van der Waals surface area contributed by atoms with Crippen molar-refractivity contribution >= 4 is 21.6 Å². The molecule has 0 amide bonds. The van der Waals surface area contributed by atoms with E-state index in [1.54, 1.807) is 17.7 Å². The molecule has 7 heteroatoms. The highest BCUT2D eigenvalue weighted by Gasteiger charge is 2.30. The summed E-state index contributed by atoms with van der Waals surface area (Å²) < 4.78 is 1.81. The number of aryl methyl sites for hydroxylation is 1. The van der Waals surface area contributed by atoms with Crippen LogP contribution < -0.4 is 10.9 Å². The third kappa shape index (κ3) is 3.12. The van der Waals surface area contributed by atoms with E-state index in [4.69, 9.17) is 0 Å². The van der Waals surface area contributed by atoms with E-state index >= 15 is 0 Å². The Morgan fingerprint density at radius 2 is 1.97 bits per heavy atom. The largest absolute Gasteiger partial charge is 0.308 e. The molecule has 6 nitrogen and oxygen atoms in total. The first-order valence-corrected chi connectivity index (χ1v) is 11.8. The van der Waals surface area contributed by atoms with Gasteiger partial charge < -0.3 is 5.32 Å². The quantitative estimate of drug-likeness (QED) is 0.701. The molecule has 3 aliphatic rings. The van der Waals surface area contributed by atoms with Gasteiger partial charge in [-0.3, -0.25) is 19.2 Å². The van der Waals surface area contributed by atoms with Gasteiger partial charge in [0.15, 0.2) is 0 Å². The lowest BCUT2D eigenvalue weighted by molar-refractivity contribution is 0.0936. The highest BCUT2D eigenvalue weighted by molar-refractivity contribution is 7.18. The van der Waals surface area contributed by atoms with Crippen molar-refractivity contribution in [3.63, 3.8) is 0 Å². The molecule has 0 radical (unpaired) electrons. The first-order chi connectivity index (χ1) is 14.8. The zero-order valence-corrected chi connectivity index (χ0v) is 18.0. The second kappa shape index (κ2) is 7.57. The Morgan fingerprint density at radius 3 is 2.87 bits per heavy atom. The minimum Gasteiger partial charge on any atom is -0.308 e. The van der Waals surface area contributed by atoms with Crippen molar-refractivity contribution in [2.45, 2.75) is 38.5 Å². The summed E-state index contributed by atoms with van der Waals surface area (Å²) in [6.07, 6.45) is 4.21. The van der Waals surface area contributed by atoms with Crippen LogP contribution in [0.4, 0.5) is 0 Å². The summed E-state index contributed by atoms with van der Waals surface area (Å²) in [5.74, 6) is 0.